The lowest BCUT2D eigenvalue weighted by atomic mass is 10.1. The number of halogens is 1. The summed E-state index contributed by atoms with van der Waals surface area (Å²) in [5.41, 5.74) is 2.00. The molecule has 1 rings (SSSR count). The maximum atomic E-state index is 11.0. The van der Waals surface area contributed by atoms with Gasteiger partial charge in [-0.25, -0.2) is 0 Å². The topological polar surface area (TPSA) is 62.2 Å². The third-order valence-corrected chi connectivity index (χ3v) is 3.47. The van der Waals surface area contributed by atoms with Crippen LogP contribution < -0.4 is 5.32 Å². The molecule has 1 unspecified atom stereocenters. The van der Waals surface area contributed by atoms with E-state index in [9.17, 15) is 4.79 Å². The molecule has 0 aliphatic carbocycles. The van der Waals surface area contributed by atoms with E-state index >= 15 is 0 Å². The summed E-state index contributed by atoms with van der Waals surface area (Å²) in [6, 6.07) is -0.710. The van der Waals surface area contributed by atoms with E-state index in [4.69, 9.17) is 16.7 Å². The van der Waals surface area contributed by atoms with E-state index in [1.165, 1.54) is 11.5 Å². The zero-order valence-electron chi connectivity index (χ0n) is 9.79. The number of carboxylic acids is 1. The molecule has 0 fully saturated rings. The van der Waals surface area contributed by atoms with Crippen LogP contribution in [-0.4, -0.2) is 21.5 Å². The van der Waals surface area contributed by atoms with E-state index < -0.39 is 12.0 Å². The molecule has 0 spiro atoms. The van der Waals surface area contributed by atoms with Crippen LogP contribution in [0.5, 0.6) is 0 Å². The molecule has 0 saturated heterocycles. The molecule has 1 atom stereocenters. The largest absolute Gasteiger partial charge is 0.480 e. The van der Waals surface area contributed by atoms with Gasteiger partial charge in [0.05, 0.1) is 5.69 Å². The van der Waals surface area contributed by atoms with Gasteiger partial charge in [-0.15, -0.1) is 0 Å². The van der Waals surface area contributed by atoms with Crippen molar-refractivity contribution in [2.45, 2.75) is 32.9 Å². The number of hydrogen-bond acceptors (Lipinski definition) is 4. The van der Waals surface area contributed by atoms with E-state index in [1.807, 2.05) is 13.8 Å². The van der Waals surface area contributed by atoms with Crippen molar-refractivity contribution in [1.29, 1.82) is 0 Å². The first-order valence-corrected chi connectivity index (χ1v) is 6.28. The van der Waals surface area contributed by atoms with Crippen LogP contribution in [0, 0.1) is 13.8 Å². The Kier molecular flexibility index (Phi) is 5.11. The molecule has 94 valence electrons. The fourth-order valence-electron chi connectivity index (χ4n) is 1.45. The van der Waals surface area contributed by atoms with Gasteiger partial charge in [0.25, 0.3) is 0 Å². The molecule has 1 aromatic heterocycles. The van der Waals surface area contributed by atoms with Gasteiger partial charge < -0.3 is 5.11 Å². The predicted molar refractivity (Wildman–Crippen MR) is 69.5 cm³/mol. The Bertz CT molecular complexity index is 412. The van der Waals surface area contributed by atoms with Crippen LogP contribution in [0.15, 0.2) is 11.6 Å². The molecule has 0 amide bonds. The van der Waals surface area contributed by atoms with Crippen molar-refractivity contribution in [1.82, 2.24) is 9.69 Å². The van der Waals surface area contributed by atoms with Crippen LogP contribution >= 0.6 is 23.1 Å². The average Bonchev–Trinajstić information content (AvgIpc) is 2.53. The molecular formula is C11H15ClN2O2S. The zero-order valence-corrected chi connectivity index (χ0v) is 11.4. The second-order valence-electron chi connectivity index (χ2n) is 3.80. The van der Waals surface area contributed by atoms with Crippen molar-refractivity contribution in [2.75, 3.05) is 0 Å². The number of nitrogens with zero attached hydrogens (tertiary/aromatic N) is 1. The summed E-state index contributed by atoms with van der Waals surface area (Å²) in [6.07, 6.45) is 0.215. The third kappa shape index (κ3) is 4.11. The van der Waals surface area contributed by atoms with Crippen molar-refractivity contribution in [3.05, 3.63) is 27.7 Å². The molecule has 0 saturated carbocycles. The Hall–Kier alpha value is -0.910. The quantitative estimate of drug-likeness (QED) is 0.836. The number of aliphatic carboxylic acids is 1. The van der Waals surface area contributed by atoms with Crippen LogP contribution in [0.25, 0.3) is 0 Å². The highest BCUT2D eigenvalue weighted by molar-refractivity contribution is 7.05. The molecule has 0 bridgehead atoms. The van der Waals surface area contributed by atoms with Gasteiger partial charge in [0.15, 0.2) is 0 Å². The van der Waals surface area contributed by atoms with E-state index in [0.29, 0.717) is 11.6 Å². The van der Waals surface area contributed by atoms with Crippen molar-refractivity contribution in [3.8, 4) is 0 Å². The molecule has 0 aliphatic rings. The highest BCUT2D eigenvalue weighted by Crippen LogP contribution is 2.17. The molecule has 1 aromatic rings. The number of carboxylic acid groups (broad SMARTS) is 1. The summed E-state index contributed by atoms with van der Waals surface area (Å²) in [7, 11) is 0. The predicted octanol–water partition coefficient (Wildman–Crippen LogP) is 2.45. The minimum Gasteiger partial charge on any atom is -0.480 e. The van der Waals surface area contributed by atoms with Gasteiger partial charge >= 0.3 is 5.97 Å². The molecular weight excluding hydrogens is 260 g/mol. The van der Waals surface area contributed by atoms with Gasteiger partial charge in [-0.1, -0.05) is 18.2 Å². The first kappa shape index (κ1) is 14.2. The standard InChI is InChI=1S/C11H15ClN2O2S/c1-6(12)4-10(11(15)16)13-5-9-7(2)14-17-8(9)3/h10,13H,1,4-5H2,2-3H3,(H,15,16). The van der Waals surface area contributed by atoms with Crippen molar-refractivity contribution in [2.24, 2.45) is 0 Å². The summed E-state index contributed by atoms with van der Waals surface area (Å²) in [5.74, 6) is -0.926. The maximum Gasteiger partial charge on any atom is 0.321 e. The van der Waals surface area contributed by atoms with Crippen LogP contribution in [0.1, 0.15) is 22.6 Å². The minimum atomic E-state index is -0.926. The normalized spacial score (nSPS) is 12.4. The smallest absolute Gasteiger partial charge is 0.321 e. The zero-order chi connectivity index (χ0) is 13.0. The molecule has 0 aliphatic heterocycles. The monoisotopic (exact) mass is 274 g/mol. The first-order valence-electron chi connectivity index (χ1n) is 5.13. The molecule has 0 radical (unpaired) electrons. The molecule has 4 nitrogen and oxygen atoms in total. The van der Waals surface area contributed by atoms with Crippen LogP contribution in [-0.2, 0) is 11.3 Å². The van der Waals surface area contributed by atoms with Crippen molar-refractivity contribution >= 4 is 29.1 Å². The first-order chi connectivity index (χ1) is 7.91. The minimum absolute atomic E-state index is 0.215. The number of carbonyl (C=O) groups is 1. The van der Waals surface area contributed by atoms with Gasteiger partial charge in [-0.2, -0.15) is 4.37 Å². The average molecular weight is 275 g/mol. The van der Waals surface area contributed by atoms with Gasteiger partial charge in [0.1, 0.15) is 6.04 Å². The van der Waals surface area contributed by atoms with Gasteiger partial charge in [0.2, 0.25) is 0 Å². The Labute approximate surface area is 109 Å². The summed E-state index contributed by atoms with van der Waals surface area (Å²) < 4.78 is 4.21. The Morgan fingerprint density at radius 1 is 1.65 bits per heavy atom. The van der Waals surface area contributed by atoms with E-state index in [-0.39, 0.29) is 6.42 Å². The lowest BCUT2D eigenvalue weighted by Crippen LogP contribution is -2.36. The number of nitrogens with one attached hydrogen (secondary N) is 1. The molecule has 2 N–H and O–H groups in total. The van der Waals surface area contributed by atoms with Gasteiger partial charge in [-0.05, 0) is 25.4 Å². The lowest BCUT2D eigenvalue weighted by Gasteiger charge is -2.13. The summed E-state index contributed by atoms with van der Waals surface area (Å²) in [6.45, 7) is 7.87. The van der Waals surface area contributed by atoms with Gasteiger partial charge in [-0.3, -0.25) is 10.1 Å². The van der Waals surface area contributed by atoms with Crippen LogP contribution in [0.4, 0.5) is 0 Å². The number of hydrogen-bond donors (Lipinski definition) is 2. The second kappa shape index (κ2) is 6.14. The summed E-state index contributed by atoms with van der Waals surface area (Å²) in [5, 5.41) is 12.3. The fourth-order valence-corrected chi connectivity index (χ4v) is 2.32. The van der Waals surface area contributed by atoms with Crippen LogP contribution in [0.2, 0.25) is 0 Å². The highest BCUT2D eigenvalue weighted by Gasteiger charge is 2.18. The molecule has 1 heterocycles. The lowest BCUT2D eigenvalue weighted by molar-refractivity contribution is -0.139. The molecule has 17 heavy (non-hydrogen) atoms. The Morgan fingerprint density at radius 3 is 2.71 bits per heavy atom. The van der Waals surface area contributed by atoms with E-state index in [2.05, 4.69) is 16.3 Å². The van der Waals surface area contributed by atoms with Crippen LogP contribution in [0.3, 0.4) is 0 Å². The van der Waals surface area contributed by atoms with Gasteiger partial charge in [0, 0.05) is 28.4 Å². The summed E-state index contributed by atoms with van der Waals surface area (Å²) >= 11 is 7.06. The summed E-state index contributed by atoms with van der Waals surface area (Å²) in [4.78, 5) is 12.1. The Balaban J connectivity index is 2.64. The third-order valence-electron chi connectivity index (χ3n) is 2.43. The van der Waals surface area contributed by atoms with E-state index in [0.717, 1.165) is 16.1 Å². The maximum absolute atomic E-state index is 11.0. The highest BCUT2D eigenvalue weighted by atomic mass is 35.5. The molecule has 0 aromatic carbocycles. The molecule has 6 heteroatoms. The Morgan fingerprint density at radius 2 is 2.29 bits per heavy atom. The SMILES string of the molecule is C=C(Cl)CC(NCc1c(C)nsc1C)C(=O)O. The van der Waals surface area contributed by atoms with Crippen molar-refractivity contribution in [3.63, 3.8) is 0 Å². The fraction of sp³-hybridized carbons (Fsp3) is 0.455. The van der Waals surface area contributed by atoms with E-state index in [1.54, 1.807) is 0 Å². The number of aromatic nitrogens is 1. The van der Waals surface area contributed by atoms with Crippen molar-refractivity contribution < 1.29 is 9.90 Å². The second-order valence-corrected chi connectivity index (χ2v) is 5.31. The number of rotatable bonds is 6. The number of aryl methyl sites for hydroxylation is 2.